The van der Waals surface area contributed by atoms with E-state index in [2.05, 4.69) is 0 Å². The van der Waals surface area contributed by atoms with E-state index >= 15 is 4.79 Å². The fourth-order valence-electron chi connectivity index (χ4n) is 9.52. The number of ether oxygens (including phenoxy) is 1. The summed E-state index contributed by atoms with van der Waals surface area (Å²) in [6.07, 6.45) is 2.45. The molecule has 2 aliphatic heterocycles. The minimum Gasteiger partial charge on any atom is -0.508 e. The predicted molar refractivity (Wildman–Crippen MR) is 202 cm³/mol. The molecule has 3 aromatic carbocycles. The Morgan fingerprint density at radius 1 is 0.943 bits per heavy atom. The molecule has 4 amide bonds. The van der Waals surface area contributed by atoms with Crippen molar-refractivity contribution in [2.45, 2.75) is 32.6 Å². The number of allylic oxidation sites excluding steroid dienone is 2. The number of methoxy groups -OCH3 is 1. The van der Waals surface area contributed by atoms with Crippen molar-refractivity contribution in [1.29, 1.82) is 0 Å². The molecule has 2 saturated heterocycles. The minimum absolute atomic E-state index is 0.0546. The lowest BCUT2D eigenvalue weighted by molar-refractivity contribution is -0.131. The number of phenolic OH excluding ortho intramolecular Hbond substituents is 1. The van der Waals surface area contributed by atoms with Gasteiger partial charge in [0.15, 0.2) is 0 Å². The number of fused-ring (bicyclic) bond motifs is 5. The van der Waals surface area contributed by atoms with Crippen LogP contribution in [0.4, 0.5) is 11.5 Å². The van der Waals surface area contributed by atoms with E-state index in [1.54, 1.807) is 72.5 Å². The van der Waals surface area contributed by atoms with Crippen molar-refractivity contribution in [3.63, 3.8) is 0 Å². The number of carbonyl (C=O) groups excluding carboxylic acids is 4. The Kier molecular flexibility index (Phi) is 7.52. The van der Waals surface area contributed by atoms with Gasteiger partial charge in [-0.2, -0.15) is 5.10 Å². The maximum absolute atomic E-state index is 15.1. The molecule has 1 N–H and O–H groups in total. The number of thiophene rings is 1. The maximum atomic E-state index is 15.1. The van der Waals surface area contributed by atoms with Gasteiger partial charge in [-0.3, -0.25) is 28.8 Å². The molecule has 0 bridgehead atoms. The summed E-state index contributed by atoms with van der Waals surface area (Å²) in [5.74, 6) is -4.20. The lowest BCUT2D eigenvalue weighted by atomic mass is 9.51. The summed E-state index contributed by atoms with van der Waals surface area (Å²) in [4.78, 5) is 61.6. The summed E-state index contributed by atoms with van der Waals surface area (Å²) in [5, 5.41) is 17.9. The smallest absolute Gasteiger partial charge is 0.242 e. The van der Waals surface area contributed by atoms with Crippen LogP contribution in [0.1, 0.15) is 36.8 Å². The number of hydrogen-bond acceptors (Lipinski definition) is 8. The molecule has 0 unspecified atom stereocenters. The number of hydrogen-bond donors (Lipinski definition) is 1. The molecular weight excluding hydrogens is 712 g/mol. The molecule has 268 valence electrons. The van der Waals surface area contributed by atoms with Gasteiger partial charge in [0.05, 0.1) is 40.8 Å². The van der Waals surface area contributed by atoms with Crippen LogP contribution < -0.4 is 14.5 Å². The standard InChI is InChI=1S/C41H35ClN4O6S/c1-20-26-16-21(42)10-15-32(26)53-36(20)30-19-33(44(3)43-30)46-38(49)29-18-27-24(35(41(29,2)40(46)51)28-17-23(52-4)11-14-31(28)47)12-13-25-34(27)39(50)45(37(25)48)22-8-6-5-7-9-22/h5-12,14-17,19,25,27,29,34-35,47H,13,18H2,1-4H3/t25-,27+,29-,34-,35+,41+/m0/s1. The third kappa shape index (κ3) is 4.66. The first-order valence-corrected chi connectivity index (χ1v) is 18.7. The van der Waals surface area contributed by atoms with E-state index in [9.17, 15) is 19.5 Å². The summed E-state index contributed by atoms with van der Waals surface area (Å²) in [6.45, 7) is 3.79. The highest BCUT2D eigenvalue weighted by Crippen LogP contribution is 2.64. The number of nitrogens with zero attached hydrogens (tertiary/aromatic N) is 4. The average molecular weight is 747 g/mol. The second-order valence-corrected chi connectivity index (χ2v) is 16.1. The molecule has 10 nitrogen and oxygen atoms in total. The number of rotatable bonds is 5. The zero-order chi connectivity index (χ0) is 37.1. The number of benzene rings is 3. The number of aromatic hydroxyl groups is 1. The predicted octanol–water partition coefficient (Wildman–Crippen LogP) is 7.41. The Bertz CT molecular complexity index is 2450. The van der Waals surface area contributed by atoms with Crippen LogP contribution >= 0.6 is 22.9 Å². The first kappa shape index (κ1) is 33.6. The number of para-hydroxylation sites is 1. The van der Waals surface area contributed by atoms with Crippen molar-refractivity contribution in [2.75, 3.05) is 16.9 Å². The topological polar surface area (TPSA) is 122 Å². The number of anilines is 2. The number of amides is 4. The van der Waals surface area contributed by atoms with Crippen LogP contribution in [0.25, 0.3) is 20.7 Å². The molecule has 1 saturated carbocycles. The third-order valence-corrected chi connectivity index (χ3v) is 13.6. The van der Waals surface area contributed by atoms with Crippen LogP contribution in [-0.4, -0.2) is 45.6 Å². The van der Waals surface area contributed by atoms with Gasteiger partial charge in [0.1, 0.15) is 23.0 Å². The van der Waals surface area contributed by atoms with Gasteiger partial charge in [-0.1, -0.05) is 41.4 Å². The van der Waals surface area contributed by atoms with Gasteiger partial charge < -0.3 is 9.84 Å². The highest BCUT2D eigenvalue weighted by Gasteiger charge is 2.68. The Morgan fingerprint density at radius 3 is 2.47 bits per heavy atom. The molecule has 0 spiro atoms. The molecule has 4 aliphatic rings. The number of carbonyl (C=O) groups is 4. The van der Waals surface area contributed by atoms with Gasteiger partial charge in [-0.05, 0) is 92.1 Å². The number of aryl methyl sites for hydroxylation is 2. The van der Waals surface area contributed by atoms with Crippen molar-refractivity contribution < 1.29 is 29.0 Å². The molecule has 9 rings (SSSR count). The molecule has 5 aromatic rings. The molecule has 12 heteroatoms. The van der Waals surface area contributed by atoms with Crippen LogP contribution in [0.15, 0.2) is 84.4 Å². The number of imide groups is 2. The molecular formula is C41H35ClN4O6S. The van der Waals surface area contributed by atoms with Gasteiger partial charge >= 0.3 is 0 Å². The van der Waals surface area contributed by atoms with Gasteiger partial charge in [-0.15, -0.1) is 11.3 Å². The van der Waals surface area contributed by atoms with Crippen molar-refractivity contribution in [3.8, 4) is 22.1 Å². The SMILES string of the molecule is COc1ccc(O)c([C@H]2C3=CC[C@@H]4C(=O)N(c5ccccc5)C(=O)[C@@H]4[C@@H]3C[C@H]3C(=O)N(c4cc(-c5sc6ccc(Cl)cc6c5C)nn4C)C(=O)[C@@]23C)c1. The van der Waals surface area contributed by atoms with E-state index in [1.165, 1.54) is 23.0 Å². The van der Waals surface area contributed by atoms with Gasteiger partial charge in [0.2, 0.25) is 23.6 Å². The quantitative estimate of drug-likeness (QED) is 0.147. The summed E-state index contributed by atoms with van der Waals surface area (Å²) in [6, 6.07) is 21.2. The summed E-state index contributed by atoms with van der Waals surface area (Å²) < 4.78 is 8.16. The molecule has 3 fully saturated rings. The van der Waals surface area contributed by atoms with E-state index in [-0.39, 0.29) is 24.0 Å². The Hall–Kier alpha value is -5.26. The molecule has 2 aromatic heterocycles. The highest BCUT2D eigenvalue weighted by molar-refractivity contribution is 7.22. The van der Waals surface area contributed by atoms with Crippen LogP contribution in [-0.2, 0) is 26.2 Å². The van der Waals surface area contributed by atoms with Gasteiger partial charge in [-0.25, -0.2) is 4.90 Å². The Morgan fingerprint density at radius 2 is 1.72 bits per heavy atom. The zero-order valence-electron chi connectivity index (χ0n) is 29.4. The second-order valence-electron chi connectivity index (χ2n) is 14.6. The van der Waals surface area contributed by atoms with Crippen LogP contribution in [0.5, 0.6) is 11.5 Å². The Labute approximate surface area is 314 Å². The Balaban J connectivity index is 1.17. The lowest BCUT2D eigenvalue weighted by Gasteiger charge is -2.49. The second kappa shape index (κ2) is 11.9. The fourth-order valence-corrected chi connectivity index (χ4v) is 10.8. The molecule has 53 heavy (non-hydrogen) atoms. The number of aromatic nitrogens is 2. The molecule has 2 aliphatic carbocycles. The first-order valence-electron chi connectivity index (χ1n) is 17.5. The summed E-state index contributed by atoms with van der Waals surface area (Å²) >= 11 is 7.88. The van der Waals surface area contributed by atoms with Crippen LogP contribution in [0.2, 0.25) is 5.02 Å². The van der Waals surface area contributed by atoms with E-state index in [4.69, 9.17) is 21.4 Å². The molecule has 0 radical (unpaired) electrons. The summed E-state index contributed by atoms with van der Waals surface area (Å²) in [7, 11) is 3.23. The molecule has 6 atom stereocenters. The third-order valence-electron chi connectivity index (χ3n) is 12.0. The van der Waals surface area contributed by atoms with E-state index in [0.717, 1.165) is 26.1 Å². The zero-order valence-corrected chi connectivity index (χ0v) is 30.9. The van der Waals surface area contributed by atoms with E-state index in [0.29, 0.717) is 40.0 Å². The van der Waals surface area contributed by atoms with Crippen molar-refractivity contribution in [2.24, 2.45) is 36.1 Å². The first-order chi connectivity index (χ1) is 25.4. The monoisotopic (exact) mass is 746 g/mol. The highest BCUT2D eigenvalue weighted by atomic mass is 35.5. The van der Waals surface area contributed by atoms with E-state index < -0.39 is 46.8 Å². The van der Waals surface area contributed by atoms with Crippen molar-refractivity contribution in [1.82, 2.24) is 9.78 Å². The molecule has 4 heterocycles. The van der Waals surface area contributed by atoms with E-state index in [1.807, 2.05) is 37.3 Å². The normalized spacial score (nSPS) is 26.6. The average Bonchev–Trinajstić information content (AvgIpc) is 3.82. The van der Waals surface area contributed by atoms with Gasteiger partial charge in [0, 0.05) is 34.3 Å². The minimum atomic E-state index is -1.35. The van der Waals surface area contributed by atoms with Crippen LogP contribution in [0, 0.1) is 36.0 Å². The number of halogens is 1. The van der Waals surface area contributed by atoms with Crippen molar-refractivity contribution in [3.05, 3.63) is 101 Å². The van der Waals surface area contributed by atoms with Crippen LogP contribution in [0.3, 0.4) is 0 Å². The number of phenols is 1. The van der Waals surface area contributed by atoms with Crippen molar-refractivity contribution >= 4 is 68.2 Å². The lowest BCUT2D eigenvalue weighted by Crippen LogP contribution is -2.49. The summed E-state index contributed by atoms with van der Waals surface area (Å²) in [5.41, 5.74) is 1.97. The van der Waals surface area contributed by atoms with Gasteiger partial charge in [0.25, 0.3) is 0 Å². The largest absolute Gasteiger partial charge is 0.508 e. The fraction of sp³-hybridized carbons (Fsp3) is 0.293. The maximum Gasteiger partial charge on any atom is 0.242 e.